The van der Waals surface area contributed by atoms with Gasteiger partial charge < -0.3 is 10.4 Å². The lowest BCUT2D eigenvalue weighted by Crippen LogP contribution is -2.30. The summed E-state index contributed by atoms with van der Waals surface area (Å²) in [5.74, 6) is 2.17. The molecule has 0 aliphatic heterocycles. The summed E-state index contributed by atoms with van der Waals surface area (Å²) in [6.07, 6.45) is 2.42. The first-order valence-corrected chi connectivity index (χ1v) is 6.16. The molecule has 1 fully saturated rings. The summed E-state index contributed by atoms with van der Waals surface area (Å²) in [7, 11) is 0. The molecule has 0 aromatic heterocycles. The molecule has 1 aromatic carbocycles. The molecule has 0 saturated heterocycles. The molecule has 0 bridgehead atoms. The fourth-order valence-corrected chi connectivity index (χ4v) is 2.09. The van der Waals surface area contributed by atoms with E-state index >= 15 is 0 Å². The topological polar surface area (TPSA) is 32.3 Å². The smallest absolute Gasteiger partial charge is 0.115 e. The zero-order valence-electron chi connectivity index (χ0n) is 10.1. The Bertz CT molecular complexity index is 333. The van der Waals surface area contributed by atoms with Crippen molar-refractivity contribution in [3.8, 4) is 5.75 Å². The molecule has 1 aromatic rings. The second-order valence-corrected chi connectivity index (χ2v) is 5.15. The van der Waals surface area contributed by atoms with E-state index in [9.17, 15) is 5.11 Å². The van der Waals surface area contributed by atoms with Crippen LogP contribution in [0.3, 0.4) is 0 Å². The summed E-state index contributed by atoms with van der Waals surface area (Å²) in [6, 6.07) is 8.01. The summed E-state index contributed by atoms with van der Waals surface area (Å²) in [5.41, 5.74) is 1.28. The Balaban J connectivity index is 1.73. The highest BCUT2D eigenvalue weighted by Crippen LogP contribution is 2.36. The lowest BCUT2D eigenvalue weighted by Gasteiger charge is -2.13. The van der Waals surface area contributed by atoms with Gasteiger partial charge in [0, 0.05) is 6.04 Å². The fourth-order valence-electron chi connectivity index (χ4n) is 2.09. The minimum absolute atomic E-state index is 0.344. The zero-order chi connectivity index (χ0) is 11.5. The normalized spacial score (nSPS) is 25.4. The summed E-state index contributed by atoms with van der Waals surface area (Å²) >= 11 is 0. The van der Waals surface area contributed by atoms with Gasteiger partial charge in [0.1, 0.15) is 5.75 Å². The highest BCUT2D eigenvalue weighted by atomic mass is 16.3. The molecule has 0 radical (unpaired) electrons. The second-order valence-electron chi connectivity index (χ2n) is 5.15. The van der Waals surface area contributed by atoms with Crippen LogP contribution >= 0.6 is 0 Å². The van der Waals surface area contributed by atoms with E-state index in [-0.39, 0.29) is 0 Å². The number of hydrogen-bond donors (Lipinski definition) is 2. The molecule has 3 atom stereocenters. The third kappa shape index (κ3) is 3.24. The summed E-state index contributed by atoms with van der Waals surface area (Å²) in [6.45, 7) is 5.69. The third-order valence-corrected chi connectivity index (χ3v) is 3.48. The standard InChI is InChI=1S/C14H21NO/c1-10-7-13(10)9-15-11(2)8-12-3-5-14(16)6-4-12/h3-6,10-11,13,15-16H,7-9H2,1-2H3. The number of rotatable bonds is 5. The predicted octanol–water partition coefficient (Wildman–Crippen LogP) is 2.57. The van der Waals surface area contributed by atoms with Crippen molar-refractivity contribution < 1.29 is 5.11 Å². The van der Waals surface area contributed by atoms with Crippen molar-refractivity contribution in [2.75, 3.05) is 6.54 Å². The van der Waals surface area contributed by atoms with Gasteiger partial charge in [0.2, 0.25) is 0 Å². The lowest BCUT2D eigenvalue weighted by atomic mass is 10.1. The van der Waals surface area contributed by atoms with Gasteiger partial charge in [0.25, 0.3) is 0 Å². The van der Waals surface area contributed by atoms with E-state index in [0.29, 0.717) is 11.8 Å². The number of phenols is 1. The van der Waals surface area contributed by atoms with Gasteiger partial charge in [0.15, 0.2) is 0 Å². The first-order valence-electron chi connectivity index (χ1n) is 6.16. The lowest BCUT2D eigenvalue weighted by molar-refractivity contribution is 0.474. The molecule has 88 valence electrons. The van der Waals surface area contributed by atoms with Crippen LogP contribution < -0.4 is 5.32 Å². The summed E-state index contributed by atoms with van der Waals surface area (Å²) < 4.78 is 0. The summed E-state index contributed by atoms with van der Waals surface area (Å²) in [5, 5.41) is 12.8. The van der Waals surface area contributed by atoms with Gasteiger partial charge in [-0.3, -0.25) is 0 Å². The van der Waals surface area contributed by atoms with Crippen molar-refractivity contribution in [3.05, 3.63) is 29.8 Å². The van der Waals surface area contributed by atoms with Crippen LogP contribution in [-0.4, -0.2) is 17.7 Å². The molecular formula is C14H21NO. The Morgan fingerprint density at radius 2 is 2.00 bits per heavy atom. The van der Waals surface area contributed by atoms with Gasteiger partial charge >= 0.3 is 0 Å². The molecule has 2 heteroatoms. The highest BCUT2D eigenvalue weighted by molar-refractivity contribution is 5.26. The molecule has 0 spiro atoms. The quantitative estimate of drug-likeness (QED) is 0.797. The van der Waals surface area contributed by atoms with Crippen molar-refractivity contribution in [1.82, 2.24) is 5.32 Å². The van der Waals surface area contributed by atoms with Crippen LogP contribution in [0.25, 0.3) is 0 Å². The van der Waals surface area contributed by atoms with Crippen LogP contribution in [-0.2, 0) is 6.42 Å². The number of nitrogens with one attached hydrogen (secondary N) is 1. The van der Waals surface area contributed by atoms with E-state index in [1.807, 2.05) is 12.1 Å². The molecule has 2 nitrogen and oxygen atoms in total. The number of hydrogen-bond acceptors (Lipinski definition) is 2. The number of benzene rings is 1. The van der Waals surface area contributed by atoms with Crippen LogP contribution in [0.2, 0.25) is 0 Å². The van der Waals surface area contributed by atoms with Crippen LogP contribution in [0, 0.1) is 11.8 Å². The van der Waals surface area contributed by atoms with Gasteiger partial charge in [-0.15, -0.1) is 0 Å². The van der Waals surface area contributed by atoms with Crippen LogP contribution in [0.1, 0.15) is 25.8 Å². The average Bonchev–Trinajstić information content (AvgIpc) is 2.95. The number of aromatic hydroxyl groups is 1. The molecule has 2 rings (SSSR count). The van der Waals surface area contributed by atoms with E-state index in [4.69, 9.17) is 0 Å². The maximum atomic E-state index is 9.19. The first-order chi connectivity index (χ1) is 7.65. The van der Waals surface area contributed by atoms with E-state index in [0.717, 1.165) is 24.8 Å². The molecule has 16 heavy (non-hydrogen) atoms. The molecule has 1 saturated carbocycles. The zero-order valence-corrected chi connectivity index (χ0v) is 10.1. The Morgan fingerprint density at radius 3 is 2.56 bits per heavy atom. The minimum Gasteiger partial charge on any atom is -0.508 e. The first kappa shape index (κ1) is 11.5. The van der Waals surface area contributed by atoms with Crippen LogP contribution in [0.5, 0.6) is 5.75 Å². The van der Waals surface area contributed by atoms with Crippen molar-refractivity contribution in [2.45, 2.75) is 32.7 Å². The fraction of sp³-hybridized carbons (Fsp3) is 0.571. The molecule has 1 aliphatic carbocycles. The van der Waals surface area contributed by atoms with Gasteiger partial charge in [-0.05, 0) is 55.8 Å². The number of phenolic OH excluding ortho intramolecular Hbond substituents is 1. The Kier molecular flexibility index (Phi) is 3.49. The maximum absolute atomic E-state index is 9.19. The molecule has 0 heterocycles. The Morgan fingerprint density at radius 1 is 1.38 bits per heavy atom. The van der Waals surface area contributed by atoms with Crippen molar-refractivity contribution in [2.24, 2.45) is 11.8 Å². The predicted molar refractivity (Wildman–Crippen MR) is 66.5 cm³/mol. The third-order valence-electron chi connectivity index (χ3n) is 3.48. The monoisotopic (exact) mass is 219 g/mol. The molecule has 3 unspecified atom stereocenters. The second kappa shape index (κ2) is 4.88. The van der Waals surface area contributed by atoms with E-state index in [1.54, 1.807) is 12.1 Å². The Hall–Kier alpha value is -1.02. The highest BCUT2D eigenvalue weighted by Gasteiger charge is 2.31. The molecular weight excluding hydrogens is 198 g/mol. The molecule has 2 N–H and O–H groups in total. The van der Waals surface area contributed by atoms with Gasteiger partial charge in [0.05, 0.1) is 0 Å². The molecule has 1 aliphatic rings. The largest absolute Gasteiger partial charge is 0.508 e. The van der Waals surface area contributed by atoms with Crippen LogP contribution in [0.15, 0.2) is 24.3 Å². The average molecular weight is 219 g/mol. The van der Waals surface area contributed by atoms with Crippen molar-refractivity contribution in [1.29, 1.82) is 0 Å². The van der Waals surface area contributed by atoms with Crippen molar-refractivity contribution >= 4 is 0 Å². The van der Waals surface area contributed by atoms with E-state index in [1.165, 1.54) is 12.0 Å². The minimum atomic E-state index is 0.344. The summed E-state index contributed by atoms with van der Waals surface area (Å²) in [4.78, 5) is 0. The maximum Gasteiger partial charge on any atom is 0.115 e. The van der Waals surface area contributed by atoms with E-state index in [2.05, 4.69) is 19.2 Å². The molecule has 0 amide bonds. The van der Waals surface area contributed by atoms with Crippen LogP contribution in [0.4, 0.5) is 0 Å². The Labute approximate surface area is 97.7 Å². The van der Waals surface area contributed by atoms with Gasteiger partial charge in [-0.1, -0.05) is 19.1 Å². The SMILES string of the molecule is CC(Cc1ccc(O)cc1)NCC1CC1C. The van der Waals surface area contributed by atoms with Crippen molar-refractivity contribution in [3.63, 3.8) is 0 Å². The van der Waals surface area contributed by atoms with Gasteiger partial charge in [-0.2, -0.15) is 0 Å². The van der Waals surface area contributed by atoms with Gasteiger partial charge in [-0.25, -0.2) is 0 Å². The van der Waals surface area contributed by atoms with E-state index < -0.39 is 0 Å².